The normalized spacial score (nSPS) is 18.0. The highest BCUT2D eigenvalue weighted by atomic mass is 16.5. The van der Waals surface area contributed by atoms with Gasteiger partial charge in [0.1, 0.15) is 0 Å². The molecule has 1 rings (SSSR count). The van der Waals surface area contributed by atoms with Crippen molar-refractivity contribution < 1.29 is 4.74 Å². The highest BCUT2D eigenvalue weighted by Crippen LogP contribution is 2.28. The molecule has 1 unspecified atom stereocenters. The smallest absolute Gasteiger partial charge is 0.0593 e. The van der Waals surface area contributed by atoms with Gasteiger partial charge in [-0.1, -0.05) is 13.8 Å². The van der Waals surface area contributed by atoms with E-state index in [2.05, 4.69) is 38.0 Å². The lowest BCUT2D eigenvalue weighted by Gasteiger charge is -2.25. The number of ether oxygens (including phenoxy) is 1. The van der Waals surface area contributed by atoms with Gasteiger partial charge in [-0.05, 0) is 45.2 Å². The van der Waals surface area contributed by atoms with Crippen LogP contribution in [-0.4, -0.2) is 50.8 Å². The van der Waals surface area contributed by atoms with E-state index in [4.69, 9.17) is 4.74 Å². The van der Waals surface area contributed by atoms with E-state index >= 15 is 0 Å². The molecule has 0 saturated heterocycles. The first-order valence-corrected chi connectivity index (χ1v) is 7.08. The molecule has 3 heteroatoms. The third kappa shape index (κ3) is 7.74. The predicted molar refractivity (Wildman–Crippen MR) is 73.3 cm³/mol. The molecule has 0 aromatic carbocycles. The van der Waals surface area contributed by atoms with Crippen LogP contribution in [0.15, 0.2) is 0 Å². The first-order chi connectivity index (χ1) is 8.09. The van der Waals surface area contributed by atoms with Gasteiger partial charge in [0.15, 0.2) is 0 Å². The predicted octanol–water partition coefficient (Wildman–Crippen LogP) is 1.98. The Labute approximate surface area is 107 Å². The Morgan fingerprint density at radius 2 is 1.94 bits per heavy atom. The number of nitrogens with one attached hydrogen (secondary N) is 1. The lowest BCUT2D eigenvalue weighted by atomic mass is 10.2. The minimum Gasteiger partial charge on any atom is -0.380 e. The van der Waals surface area contributed by atoms with Crippen molar-refractivity contribution >= 4 is 0 Å². The first kappa shape index (κ1) is 14.9. The number of rotatable bonds is 10. The summed E-state index contributed by atoms with van der Waals surface area (Å²) in [5, 5.41) is 3.50. The summed E-state index contributed by atoms with van der Waals surface area (Å²) in [7, 11) is 2.18. The van der Waals surface area contributed by atoms with Gasteiger partial charge in [-0.2, -0.15) is 0 Å². The van der Waals surface area contributed by atoms with Crippen LogP contribution in [0.3, 0.4) is 0 Å². The average Bonchev–Trinajstić information content (AvgIpc) is 3.07. The number of hydrogen-bond acceptors (Lipinski definition) is 3. The third-order valence-electron chi connectivity index (χ3n) is 3.38. The molecule has 0 heterocycles. The van der Waals surface area contributed by atoms with Gasteiger partial charge in [0.25, 0.3) is 0 Å². The van der Waals surface area contributed by atoms with Crippen molar-refractivity contribution in [3.63, 3.8) is 0 Å². The zero-order valence-corrected chi connectivity index (χ0v) is 12.0. The van der Waals surface area contributed by atoms with Crippen molar-refractivity contribution in [1.29, 1.82) is 0 Å². The van der Waals surface area contributed by atoms with Gasteiger partial charge >= 0.3 is 0 Å². The van der Waals surface area contributed by atoms with E-state index in [9.17, 15) is 0 Å². The fourth-order valence-electron chi connectivity index (χ4n) is 1.70. The van der Waals surface area contributed by atoms with Crippen LogP contribution in [-0.2, 0) is 4.74 Å². The molecular formula is C14H30N2O. The Kier molecular flexibility index (Phi) is 7.09. The summed E-state index contributed by atoms with van der Waals surface area (Å²) in [6, 6.07) is 0.582. The van der Waals surface area contributed by atoms with E-state index in [0.717, 1.165) is 44.7 Å². The molecular weight excluding hydrogens is 212 g/mol. The Bertz CT molecular complexity index is 193. The lowest BCUT2D eigenvalue weighted by molar-refractivity contribution is 0.0934. The van der Waals surface area contributed by atoms with E-state index in [-0.39, 0.29) is 0 Å². The van der Waals surface area contributed by atoms with Crippen molar-refractivity contribution in [3.05, 3.63) is 0 Å². The summed E-state index contributed by atoms with van der Waals surface area (Å²) < 4.78 is 5.66. The number of hydrogen-bond donors (Lipinski definition) is 1. The maximum absolute atomic E-state index is 5.66. The number of likely N-dealkylation sites (N-methyl/N-ethyl adjacent to an activating group) is 1. The summed E-state index contributed by atoms with van der Waals surface area (Å²) in [4.78, 5) is 2.38. The van der Waals surface area contributed by atoms with Gasteiger partial charge in [-0.15, -0.1) is 0 Å². The summed E-state index contributed by atoms with van der Waals surface area (Å²) in [5.41, 5.74) is 0. The fraction of sp³-hybridized carbons (Fsp3) is 1.00. The first-order valence-electron chi connectivity index (χ1n) is 7.08. The third-order valence-corrected chi connectivity index (χ3v) is 3.38. The largest absolute Gasteiger partial charge is 0.380 e. The molecule has 0 aromatic heterocycles. The molecule has 102 valence electrons. The van der Waals surface area contributed by atoms with Gasteiger partial charge < -0.3 is 15.0 Å². The van der Waals surface area contributed by atoms with Crippen LogP contribution in [0.1, 0.15) is 33.6 Å². The van der Waals surface area contributed by atoms with Crippen LogP contribution in [0.2, 0.25) is 0 Å². The number of nitrogens with zero attached hydrogens (tertiary/aromatic N) is 1. The molecule has 1 fully saturated rings. The Balaban J connectivity index is 1.94. The quantitative estimate of drug-likeness (QED) is 0.593. The minimum atomic E-state index is 0.582. The van der Waals surface area contributed by atoms with E-state index < -0.39 is 0 Å². The second-order valence-corrected chi connectivity index (χ2v) is 5.90. The van der Waals surface area contributed by atoms with Crippen LogP contribution in [0, 0.1) is 11.8 Å². The second-order valence-electron chi connectivity index (χ2n) is 5.90. The molecule has 0 radical (unpaired) electrons. The molecule has 1 atom stereocenters. The van der Waals surface area contributed by atoms with Crippen molar-refractivity contribution in [2.24, 2.45) is 11.8 Å². The molecule has 0 aliphatic heterocycles. The molecule has 17 heavy (non-hydrogen) atoms. The standard InChI is InChI=1S/C14H30N2O/c1-12(2)9-15-10-13(3)16(4)7-8-17-11-14-5-6-14/h12-15H,5-11H2,1-4H3. The van der Waals surface area contributed by atoms with Gasteiger partial charge in [0.2, 0.25) is 0 Å². The Hall–Kier alpha value is -0.120. The SMILES string of the molecule is CC(C)CNCC(C)N(C)CCOCC1CC1. The molecule has 0 amide bonds. The monoisotopic (exact) mass is 242 g/mol. The molecule has 1 aliphatic carbocycles. The molecule has 3 nitrogen and oxygen atoms in total. The maximum Gasteiger partial charge on any atom is 0.0593 e. The van der Waals surface area contributed by atoms with Crippen LogP contribution in [0.25, 0.3) is 0 Å². The topological polar surface area (TPSA) is 24.5 Å². The summed E-state index contributed by atoms with van der Waals surface area (Å²) in [6.07, 6.45) is 2.76. The summed E-state index contributed by atoms with van der Waals surface area (Å²) >= 11 is 0. The lowest BCUT2D eigenvalue weighted by Crippen LogP contribution is -2.40. The molecule has 1 aliphatic rings. The molecule has 1 saturated carbocycles. The maximum atomic E-state index is 5.66. The van der Waals surface area contributed by atoms with E-state index in [0.29, 0.717) is 6.04 Å². The Morgan fingerprint density at radius 1 is 1.24 bits per heavy atom. The van der Waals surface area contributed by atoms with Crippen molar-refractivity contribution in [3.8, 4) is 0 Å². The Morgan fingerprint density at radius 3 is 2.53 bits per heavy atom. The van der Waals surface area contributed by atoms with Gasteiger partial charge in [0.05, 0.1) is 6.61 Å². The van der Waals surface area contributed by atoms with Gasteiger partial charge in [-0.3, -0.25) is 0 Å². The molecule has 0 aromatic rings. The second kappa shape index (κ2) is 8.06. The van der Waals surface area contributed by atoms with Crippen molar-refractivity contribution in [2.75, 3.05) is 39.9 Å². The van der Waals surface area contributed by atoms with Crippen LogP contribution in [0.4, 0.5) is 0 Å². The molecule has 0 bridgehead atoms. The summed E-state index contributed by atoms with van der Waals surface area (Å²) in [5.74, 6) is 1.61. The average molecular weight is 242 g/mol. The van der Waals surface area contributed by atoms with Gasteiger partial charge in [-0.25, -0.2) is 0 Å². The van der Waals surface area contributed by atoms with Crippen molar-refractivity contribution in [2.45, 2.75) is 39.7 Å². The molecule has 1 N–H and O–H groups in total. The minimum absolute atomic E-state index is 0.582. The molecule has 0 spiro atoms. The van der Waals surface area contributed by atoms with Crippen LogP contribution < -0.4 is 5.32 Å². The van der Waals surface area contributed by atoms with E-state index in [1.165, 1.54) is 12.8 Å². The van der Waals surface area contributed by atoms with E-state index in [1.54, 1.807) is 0 Å². The zero-order chi connectivity index (χ0) is 12.7. The van der Waals surface area contributed by atoms with Crippen LogP contribution >= 0.6 is 0 Å². The zero-order valence-electron chi connectivity index (χ0n) is 12.0. The highest BCUT2D eigenvalue weighted by Gasteiger charge is 2.21. The fourth-order valence-corrected chi connectivity index (χ4v) is 1.70. The van der Waals surface area contributed by atoms with E-state index in [1.807, 2.05) is 0 Å². The van der Waals surface area contributed by atoms with Gasteiger partial charge in [0, 0.05) is 25.7 Å². The highest BCUT2D eigenvalue weighted by molar-refractivity contribution is 4.72. The van der Waals surface area contributed by atoms with Crippen LogP contribution in [0.5, 0.6) is 0 Å². The van der Waals surface area contributed by atoms with Crippen molar-refractivity contribution in [1.82, 2.24) is 10.2 Å². The summed E-state index contributed by atoms with van der Waals surface area (Å²) in [6.45, 7) is 11.8.